The summed E-state index contributed by atoms with van der Waals surface area (Å²) in [5.74, 6) is 0.431. The summed E-state index contributed by atoms with van der Waals surface area (Å²) < 4.78 is 6.16. The summed E-state index contributed by atoms with van der Waals surface area (Å²) in [4.78, 5) is 12.1. The molecular weight excluding hydrogens is 352 g/mol. The van der Waals surface area contributed by atoms with Gasteiger partial charge in [-0.25, -0.2) is 0 Å². The fourth-order valence-corrected chi connectivity index (χ4v) is 3.31. The van der Waals surface area contributed by atoms with Gasteiger partial charge in [-0.2, -0.15) is 0 Å². The zero-order chi connectivity index (χ0) is 15.4. The summed E-state index contributed by atoms with van der Waals surface area (Å²) in [6, 6.07) is 8.03. The van der Waals surface area contributed by atoms with Crippen molar-refractivity contribution in [2.24, 2.45) is 5.73 Å². The zero-order valence-electron chi connectivity index (χ0n) is 11.9. The number of primary amides is 1. The van der Waals surface area contributed by atoms with Crippen LogP contribution in [-0.2, 0) is 6.54 Å². The van der Waals surface area contributed by atoms with Crippen LogP contribution >= 0.6 is 27.3 Å². The zero-order valence-corrected chi connectivity index (χ0v) is 14.3. The van der Waals surface area contributed by atoms with E-state index in [9.17, 15) is 4.79 Å². The molecule has 4 nitrogen and oxygen atoms in total. The molecule has 0 spiro atoms. The van der Waals surface area contributed by atoms with Crippen molar-refractivity contribution in [3.63, 3.8) is 0 Å². The summed E-state index contributed by atoms with van der Waals surface area (Å²) >= 11 is 5.02. The molecule has 2 aromatic rings. The van der Waals surface area contributed by atoms with Gasteiger partial charge in [-0.3, -0.25) is 4.79 Å². The van der Waals surface area contributed by atoms with Crippen LogP contribution in [0.1, 0.15) is 33.8 Å². The van der Waals surface area contributed by atoms with Crippen molar-refractivity contribution >= 4 is 33.2 Å². The Kier molecular flexibility index (Phi) is 5.39. The largest absolute Gasteiger partial charge is 0.496 e. The SMILES string of the molecule is COc1ccc(C(C)NCc2cc(C(N)=O)cs2)cc1Br. The average Bonchev–Trinajstić information content (AvgIpc) is 2.93. The number of methoxy groups -OCH3 is 1. The van der Waals surface area contributed by atoms with Crippen molar-refractivity contribution in [2.75, 3.05) is 7.11 Å². The van der Waals surface area contributed by atoms with Gasteiger partial charge in [-0.1, -0.05) is 6.07 Å². The van der Waals surface area contributed by atoms with E-state index >= 15 is 0 Å². The summed E-state index contributed by atoms with van der Waals surface area (Å²) in [5, 5.41) is 5.21. The standard InChI is InChI=1S/C15H17BrN2O2S/c1-9(10-3-4-14(20-2)13(16)6-10)18-7-12-5-11(8-21-12)15(17)19/h3-6,8-9,18H,7H2,1-2H3,(H2,17,19). The highest BCUT2D eigenvalue weighted by Gasteiger charge is 2.10. The van der Waals surface area contributed by atoms with Crippen molar-refractivity contribution in [3.8, 4) is 5.75 Å². The lowest BCUT2D eigenvalue weighted by Crippen LogP contribution is -2.17. The quantitative estimate of drug-likeness (QED) is 0.820. The molecular formula is C15H17BrN2O2S. The minimum atomic E-state index is -0.385. The first kappa shape index (κ1) is 16.0. The van der Waals surface area contributed by atoms with Gasteiger partial charge in [0.15, 0.2) is 0 Å². The lowest BCUT2D eigenvalue weighted by molar-refractivity contribution is 0.100. The molecule has 0 saturated heterocycles. The number of hydrogen-bond acceptors (Lipinski definition) is 4. The van der Waals surface area contributed by atoms with Crippen LogP contribution in [0.3, 0.4) is 0 Å². The Hall–Kier alpha value is -1.37. The number of thiophene rings is 1. The third-order valence-electron chi connectivity index (χ3n) is 3.20. The minimum absolute atomic E-state index is 0.186. The fraction of sp³-hybridized carbons (Fsp3) is 0.267. The Balaban J connectivity index is 1.99. The Labute approximate surface area is 136 Å². The highest BCUT2D eigenvalue weighted by Crippen LogP contribution is 2.28. The molecule has 0 aliphatic rings. The van der Waals surface area contributed by atoms with Crippen LogP contribution in [0.25, 0.3) is 0 Å². The first-order valence-electron chi connectivity index (χ1n) is 6.45. The number of nitrogens with two attached hydrogens (primary N) is 1. The maximum Gasteiger partial charge on any atom is 0.249 e. The van der Waals surface area contributed by atoms with Crippen molar-refractivity contribution in [1.29, 1.82) is 0 Å². The van der Waals surface area contributed by atoms with Gasteiger partial charge in [0.2, 0.25) is 5.91 Å². The molecule has 112 valence electrons. The van der Waals surface area contributed by atoms with Crippen LogP contribution in [0, 0.1) is 0 Å². The molecule has 0 aliphatic carbocycles. The molecule has 0 saturated carbocycles. The number of nitrogens with one attached hydrogen (secondary N) is 1. The number of carbonyl (C=O) groups excluding carboxylic acids is 1. The second kappa shape index (κ2) is 7.06. The van der Waals surface area contributed by atoms with Crippen LogP contribution in [0.4, 0.5) is 0 Å². The third-order valence-corrected chi connectivity index (χ3v) is 4.75. The number of benzene rings is 1. The molecule has 0 radical (unpaired) electrons. The predicted octanol–water partition coefficient (Wildman–Crippen LogP) is 3.47. The van der Waals surface area contributed by atoms with E-state index in [-0.39, 0.29) is 11.9 Å². The highest BCUT2D eigenvalue weighted by atomic mass is 79.9. The van der Waals surface area contributed by atoms with Crippen molar-refractivity contribution < 1.29 is 9.53 Å². The number of ether oxygens (including phenoxy) is 1. The highest BCUT2D eigenvalue weighted by molar-refractivity contribution is 9.10. The second-order valence-electron chi connectivity index (χ2n) is 4.66. The number of hydrogen-bond donors (Lipinski definition) is 2. The van der Waals surface area contributed by atoms with Crippen LogP contribution in [0.15, 0.2) is 34.1 Å². The molecule has 1 aromatic carbocycles. The molecule has 1 unspecified atom stereocenters. The number of rotatable bonds is 6. The third kappa shape index (κ3) is 4.06. The summed E-state index contributed by atoms with van der Waals surface area (Å²) in [6.07, 6.45) is 0. The summed E-state index contributed by atoms with van der Waals surface area (Å²) in [7, 11) is 1.65. The summed E-state index contributed by atoms with van der Waals surface area (Å²) in [5.41, 5.74) is 6.98. The molecule has 0 fully saturated rings. The Bertz CT molecular complexity index is 642. The Morgan fingerprint density at radius 1 is 1.48 bits per heavy atom. The molecule has 6 heteroatoms. The molecule has 1 amide bonds. The normalized spacial score (nSPS) is 12.1. The molecule has 1 aromatic heterocycles. The molecule has 21 heavy (non-hydrogen) atoms. The van der Waals surface area contributed by atoms with Crippen molar-refractivity contribution in [2.45, 2.75) is 19.5 Å². The first-order chi connectivity index (χ1) is 10.0. The Morgan fingerprint density at radius 2 is 2.24 bits per heavy atom. The molecule has 1 heterocycles. The van der Waals surface area contributed by atoms with E-state index in [1.807, 2.05) is 24.3 Å². The molecule has 1 atom stereocenters. The minimum Gasteiger partial charge on any atom is -0.496 e. The van der Waals surface area contributed by atoms with Gasteiger partial charge in [0.1, 0.15) is 5.75 Å². The van der Waals surface area contributed by atoms with Gasteiger partial charge in [-0.05, 0) is 46.6 Å². The van der Waals surface area contributed by atoms with Gasteiger partial charge >= 0.3 is 0 Å². The van der Waals surface area contributed by atoms with Crippen LogP contribution in [0.5, 0.6) is 5.75 Å². The average molecular weight is 369 g/mol. The van der Waals surface area contributed by atoms with Crippen molar-refractivity contribution in [3.05, 3.63) is 50.1 Å². The number of halogens is 1. The molecule has 2 rings (SSSR count). The van der Waals surface area contributed by atoms with Gasteiger partial charge in [0, 0.05) is 22.8 Å². The van der Waals surface area contributed by atoms with E-state index in [0.717, 1.165) is 20.7 Å². The van der Waals surface area contributed by atoms with E-state index in [1.165, 1.54) is 11.3 Å². The summed E-state index contributed by atoms with van der Waals surface area (Å²) in [6.45, 7) is 2.79. The maximum atomic E-state index is 11.1. The van der Waals surface area contributed by atoms with E-state index in [0.29, 0.717) is 12.1 Å². The molecule has 0 bridgehead atoms. The number of amides is 1. The van der Waals surface area contributed by atoms with E-state index in [1.54, 1.807) is 12.5 Å². The maximum absolute atomic E-state index is 11.1. The van der Waals surface area contributed by atoms with E-state index < -0.39 is 0 Å². The first-order valence-corrected chi connectivity index (χ1v) is 8.12. The monoisotopic (exact) mass is 368 g/mol. The second-order valence-corrected chi connectivity index (χ2v) is 6.51. The predicted molar refractivity (Wildman–Crippen MR) is 88.8 cm³/mol. The van der Waals surface area contributed by atoms with Crippen LogP contribution in [-0.4, -0.2) is 13.0 Å². The van der Waals surface area contributed by atoms with Gasteiger partial charge in [-0.15, -0.1) is 11.3 Å². The lowest BCUT2D eigenvalue weighted by Gasteiger charge is -2.15. The van der Waals surface area contributed by atoms with Gasteiger partial charge in [0.05, 0.1) is 17.1 Å². The van der Waals surface area contributed by atoms with E-state index in [4.69, 9.17) is 10.5 Å². The van der Waals surface area contributed by atoms with E-state index in [2.05, 4.69) is 28.2 Å². The van der Waals surface area contributed by atoms with Gasteiger partial charge in [0.25, 0.3) is 0 Å². The van der Waals surface area contributed by atoms with Gasteiger partial charge < -0.3 is 15.8 Å². The topological polar surface area (TPSA) is 64.3 Å². The molecule has 0 aliphatic heterocycles. The molecule has 3 N–H and O–H groups in total. The smallest absolute Gasteiger partial charge is 0.249 e. The van der Waals surface area contributed by atoms with Crippen molar-refractivity contribution in [1.82, 2.24) is 5.32 Å². The Morgan fingerprint density at radius 3 is 2.81 bits per heavy atom. The van der Waals surface area contributed by atoms with Crippen LogP contribution < -0.4 is 15.8 Å². The fourth-order valence-electron chi connectivity index (χ4n) is 1.93. The lowest BCUT2D eigenvalue weighted by atomic mass is 10.1. The van der Waals surface area contributed by atoms with Crippen LogP contribution in [0.2, 0.25) is 0 Å². The number of carbonyl (C=O) groups is 1.